The molecule has 112 valence electrons. The van der Waals surface area contributed by atoms with Gasteiger partial charge in [-0.25, -0.2) is 4.68 Å². The van der Waals surface area contributed by atoms with Gasteiger partial charge in [-0.2, -0.15) is 5.10 Å². The van der Waals surface area contributed by atoms with Crippen molar-refractivity contribution in [3.05, 3.63) is 42.2 Å². The quantitative estimate of drug-likeness (QED) is 0.576. The van der Waals surface area contributed by atoms with Crippen LogP contribution in [0.1, 0.15) is 17.4 Å². The molecule has 2 rings (SSSR count). The molecule has 0 aliphatic rings. The highest BCUT2D eigenvalue weighted by atomic mass is 16.3. The Morgan fingerprint density at radius 2 is 2.24 bits per heavy atom. The van der Waals surface area contributed by atoms with Crippen LogP contribution in [0.5, 0.6) is 0 Å². The van der Waals surface area contributed by atoms with Crippen LogP contribution >= 0.6 is 0 Å². The van der Waals surface area contributed by atoms with Crippen molar-refractivity contribution in [3.8, 4) is 5.69 Å². The van der Waals surface area contributed by atoms with Crippen LogP contribution in [0.15, 0.2) is 36.5 Å². The Balaban J connectivity index is 2.08. The molecule has 7 heteroatoms. The number of hydrogen-bond donors (Lipinski definition) is 4. The number of anilines is 1. The number of amides is 1. The predicted molar refractivity (Wildman–Crippen MR) is 78.0 cm³/mol. The van der Waals surface area contributed by atoms with Gasteiger partial charge in [-0.05, 0) is 31.2 Å². The molecule has 0 aliphatic carbocycles. The number of nitrogens with zero attached hydrogens (tertiary/aromatic N) is 2. The van der Waals surface area contributed by atoms with Crippen LogP contribution in [0.3, 0.4) is 0 Å². The van der Waals surface area contributed by atoms with Crippen molar-refractivity contribution in [2.24, 2.45) is 0 Å². The van der Waals surface area contributed by atoms with Gasteiger partial charge < -0.3 is 21.3 Å². The monoisotopic (exact) mass is 290 g/mol. The topological polar surface area (TPSA) is 113 Å². The molecule has 1 aromatic carbocycles. The summed E-state index contributed by atoms with van der Waals surface area (Å²) >= 11 is 0. The molecule has 1 atom stereocenters. The number of benzene rings is 1. The van der Waals surface area contributed by atoms with Gasteiger partial charge in [0.2, 0.25) is 0 Å². The van der Waals surface area contributed by atoms with Gasteiger partial charge in [-0.3, -0.25) is 4.79 Å². The lowest BCUT2D eigenvalue weighted by Crippen LogP contribution is -2.43. The Morgan fingerprint density at radius 1 is 1.48 bits per heavy atom. The Hall–Kier alpha value is -2.38. The average molecular weight is 290 g/mol. The zero-order valence-corrected chi connectivity index (χ0v) is 11.7. The van der Waals surface area contributed by atoms with Crippen LogP contribution < -0.4 is 11.1 Å². The lowest BCUT2D eigenvalue weighted by molar-refractivity contribution is 0.00316. The molecule has 1 amide bonds. The third-order valence-electron chi connectivity index (χ3n) is 2.93. The molecule has 0 spiro atoms. The second kappa shape index (κ2) is 5.94. The number of nitrogens with one attached hydrogen (secondary N) is 1. The first-order valence-corrected chi connectivity index (χ1v) is 6.44. The van der Waals surface area contributed by atoms with E-state index in [2.05, 4.69) is 10.4 Å². The van der Waals surface area contributed by atoms with Crippen LogP contribution in [0.4, 0.5) is 5.69 Å². The summed E-state index contributed by atoms with van der Waals surface area (Å²) in [5, 5.41) is 25.2. The molecule has 7 nitrogen and oxygen atoms in total. The summed E-state index contributed by atoms with van der Waals surface area (Å²) in [7, 11) is 0. The van der Waals surface area contributed by atoms with E-state index in [1.54, 1.807) is 30.5 Å². The second-order valence-corrected chi connectivity index (χ2v) is 5.08. The molecular weight excluding hydrogens is 272 g/mol. The van der Waals surface area contributed by atoms with Gasteiger partial charge in [0.15, 0.2) is 5.69 Å². The van der Waals surface area contributed by atoms with Gasteiger partial charge >= 0.3 is 0 Å². The predicted octanol–water partition coefficient (Wildman–Crippen LogP) is -0.0724. The molecular formula is C14H18N4O3. The largest absolute Gasteiger partial charge is 0.399 e. The third kappa shape index (κ3) is 3.80. The van der Waals surface area contributed by atoms with E-state index < -0.39 is 18.1 Å². The minimum absolute atomic E-state index is 0.0620. The minimum Gasteiger partial charge on any atom is -0.399 e. The number of aliphatic hydroxyl groups is 2. The zero-order chi connectivity index (χ0) is 15.5. The molecule has 5 N–H and O–H groups in total. The summed E-state index contributed by atoms with van der Waals surface area (Å²) < 4.78 is 1.54. The van der Waals surface area contributed by atoms with Crippen LogP contribution in [0.25, 0.3) is 5.69 Å². The molecule has 0 bridgehead atoms. The summed E-state index contributed by atoms with van der Waals surface area (Å²) in [6, 6.07) is 8.68. The molecule has 0 saturated heterocycles. The number of carbonyl (C=O) groups is 1. The van der Waals surface area contributed by atoms with Crippen molar-refractivity contribution >= 4 is 11.6 Å². The van der Waals surface area contributed by atoms with E-state index in [-0.39, 0.29) is 12.2 Å². The molecule has 0 aliphatic heterocycles. The molecule has 2 aromatic rings. The number of nitrogen functional groups attached to an aromatic ring is 1. The fourth-order valence-corrected chi connectivity index (χ4v) is 1.67. The number of aromatic nitrogens is 2. The van der Waals surface area contributed by atoms with Crippen molar-refractivity contribution in [1.29, 1.82) is 0 Å². The molecule has 0 fully saturated rings. The van der Waals surface area contributed by atoms with Gasteiger partial charge in [-0.1, -0.05) is 6.07 Å². The lowest BCUT2D eigenvalue weighted by Gasteiger charge is -2.20. The van der Waals surface area contributed by atoms with E-state index >= 15 is 0 Å². The fourth-order valence-electron chi connectivity index (χ4n) is 1.67. The van der Waals surface area contributed by atoms with Gasteiger partial charge in [0, 0.05) is 18.4 Å². The first-order valence-electron chi connectivity index (χ1n) is 6.44. The van der Waals surface area contributed by atoms with E-state index in [1.807, 2.05) is 6.07 Å². The summed E-state index contributed by atoms with van der Waals surface area (Å²) in [6.45, 7) is 0.928. The van der Waals surface area contributed by atoms with E-state index in [0.29, 0.717) is 5.69 Å². The van der Waals surface area contributed by atoms with Crippen molar-refractivity contribution in [1.82, 2.24) is 15.1 Å². The average Bonchev–Trinajstić information content (AvgIpc) is 2.95. The van der Waals surface area contributed by atoms with E-state index in [9.17, 15) is 9.90 Å². The lowest BCUT2D eigenvalue weighted by atomic mass is 10.1. The standard InChI is InChI=1S/C14H18N4O3/c1-14(21,9-19)8-16-13(20)12-5-6-18(17-12)11-4-2-3-10(15)7-11/h2-7,19,21H,8-9,15H2,1H3,(H,16,20). The van der Waals surface area contributed by atoms with Crippen molar-refractivity contribution in [2.75, 3.05) is 18.9 Å². The van der Waals surface area contributed by atoms with Crippen LogP contribution in [0, 0.1) is 0 Å². The SMILES string of the molecule is CC(O)(CO)CNC(=O)c1ccn(-c2cccc(N)c2)n1. The summed E-state index contributed by atoms with van der Waals surface area (Å²) in [6.07, 6.45) is 1.65. The Bertz CT molecular complexity index is 637. The van der Waals surface area contributed by atoms with Gasteiger partial charge in [0.25, 0.3) is 5.91 Å². The number of nitrogens with two attached hydrogens (primary N) is 1. The molecule has 1 heterocycles. The number of aliphatic hydroxyl groups excluding tert-OH is 1. The summed E-state index contributed by atoms with van der Waals surface area (Å²) in [5.74, 6) is -0.425. The van der Waals surface area contributed by atoms with Crippen LogP contribution in [-0.2, 0) is 0 Å². The van der Waals surface area contributed by atoms with E-state index in [1.165, 1.54) is 11.6 Å². The number of carbonyl (C=O) groups excluding carboxylic acids is 1. The molecule has 0 saturated carbocycles. The van der Waals surface area contributed by atoms with Gasteiger partial charge in [0.1, 0.15) is 5.60 Å². The van der Waals surface area contributed by atoms with Crippen molar-refractivity contribution < 1.29 is 15.0 Å². The maximum absolute atomic E-state index is 11.9. The van der Waals surface area contributed by atoms with Crippen LogP contribution in [0.2, 0.25) is 0 Å². The first kappa shape index (κ1) is 15.0. The van der Waals surface area contributed by atoms with Gasteiger partial charge in [-0.15, -0.1) is 0 Å². The van der Waals surface area contributed by atoms with Crippen molar-refractivity contribution in [2.45, 2.75) is 12.5 Å². The highest BCUT2D eigenvalue weighted by Crippen LogP contribution is 2.11. The van der Waals surface area contributed by atoms with Crippen molar-refractivity contribution in [3.63, 3.8) is 0 Å². The maximum Gasteiger partial charge on any atom is 0.271 e. The minimum atomic E-state index is -1.36. The first-order chi connectivity index (χ1) is 9.91. The molecule has 1 aromatic heterocycles. The van der Waals surface area contributed by atoms with E-state index in [0.717, 1.165) is 5.69 Å². The third-order valence-corrected chi connectivity index (χ3v) is 2.93. The summed E-state index contributed by atoms with van der Waals surface area (Å²) in [5.41, 5.74) is 5.91. The van der Waals surface area contributed by atoms with Crippen LogP contribution in [-0.4, -0.2) is 44.7 Å². The normalized spacial score (nSPS) is 13.7. The zero-order valence-electron chi connectivity index (χ0n) is 11.7. The Morgan fingerprint density at radius 3 is 2.90 bits per heavy atom. The second-order valence-electron chi connectivity index (χ2n) is 5.08. The fraction of sp³-hybridized carbons (Fsp3) is 0.286. The highest BCUT2D eigenvalue weighted by Gasteiger charge is 2.21. The molecule has 0 radical (unpaired) electrons. The maximum atomic E-state index is 11.9. The Kier molecular flexibility index (Phi) is 4.25. The smallest absolute Gasteiger partial charge is 0.271 e. The molecule has 1 unspecified atom stereocenters. The Labute approximate surface area is 122 Å². The van der Waals surface area contributed by atoms with E-state index in [4.69, 9.17) is 10.8 Å². The van der Waals surface area contributed by atoms with Gasteiger partial charge in [0.05, 0.1) is 12.3 Å². The molecule has 21 heavy (non-hydrogen) atoms. The highest BCUT2D eigenvalue weighted by molar-refractivity contribution is 5.92. The summed E-state index contributed by atoms with van der Waals surface area (Å²) in [4.78, 5) is 11.9. The number of rotatable bonds is 5. The number of hydrogen-bond acceptors (Lipinski definition) is 5.